The molecule has 0 saturated heterocycles. The Morgan fingerprint density at radius 3 is 2.17 bits per heavy atom. The summed E-state index contributed by atoms with van der Waals surface area (Å²) >= 11 is 0. The molecule has 0 radical (unpaired) electrons. The summed E-state index contributed by atoms with van der Waals surface area (Å²) in [6.07, 6.45) is 4.37. The van der Waals surface area contributed by atoms with Gasteiger partial charge in [-0.25, -0.2) is 0 Å². The Hall–Kier alpha value is -1.86. The quantitative estimate of drug-likeness (QED) is 0.764. The summed E-state index contributed by atoms with van der Waals surface area (Å²) in [6.45, 7) is 1.95. The van der Waals surface area contributed by atoms with E-state index in [1.807, 2.05) is 6.07 Å². The minimum absolute atomic E-state index is 0.962. The van der Waals surface area contributed by atoms with Crippen LogP contribution in [0, 0.1) is 0 Å². The lowest BCUT2D eigenvalue weighted by Gasteiger charge is -2.14. The second-order valence-electron chi connectivity index (χ2n) is 4.50. The highest BCUT2D eigenvalue weighted by Crippen LogP contribution is 2.04. The molecule has 0 amide bonds. The lowest BCUT2D eigenvalue weighted by Crippen LogP contribution is -2.17. The zero-order valence-corrected chi connectivity index (χ0v) is 10.8. The molecule has 1 nitrogen and oxygen atoms in total. The normalized spacial score (nSPS) is 11.2. The predicted molar refractivity (Wildman–Crippen MR) is 78.3 cm³/mol. The average molecular weight is 237 g/mol. The van der Waals surface area contributed by atoms with E-state index in [4.69, 9.17) is 0 Å². The molecule has 0 aliphatic carbocycles. The summed E-state index contributed by atoms with van der Waals surface area (Å²) in [4.78, 5) is 2.30. The average Bonchev–Trinajstić information content (AvgIpc) is 2.41. The third kappa shape index (κ3) is 4.19. The molecule has 0 aliphatic heterocycles. The van der Waals surface area contributed by atoms with Crippen LogP contribution in [0.2, 0.25) is 0 Å². The van der Waals surface area contributed by atoms with Crippen LogP contribution in [-0.4, -0.2) is 18.5 Å². The van der Waals surface area contributed by atoms with Crippen molar-refractivity contribution in [1.82, 2.24) is 4.90 Å². The fourth-order valence-electron chi connectivity index (χ4n) is 1.89. The summed E-state index contributed by atoms with van der Waals surface area (Å²) < 4.78 is 0. The van der Waals surface area contributed by atoms with Gasteiger partial charge in [0.15, 0.2) is 0 Å². The zero-order valence-electron chi connectivity index (χ0n) is 10.8. The Bertz CT molecular complexity index is 473. The van der Waals surface area contributed by atoms with Crippen LogP contribution in [-0.2, 0) is 6.54 Å². The first kappa shape index (κ1) is 12.6. The lowest BCUT2D eigenvalue weighted by atomic mass is 10.2. The molecule has 0 fully saturated rings. The molecule has 2 rings (SSSR count). The van der Waals surface area contributed by atoms with Gasteiger partial charge in [0, 0.05) is 13.1 Å². The van der Waals surface area contributed by atoms with Gasteiger partial charge in [0.05, 0.1) is 0 Å². The van der Waals surface area contributed by atoms with Crippen molar-refractivity contribution in [2.75, 3.05) is 13.6 Å². The van der Waals surface area contributed by atoms with Gasteiger partial charge in [-0.3, -0.25) is 4.90 Å². The van der Waals surface area contributed by atoms with Gasteiger partial charge in [-0.05, 0) is 18.2 Å². The summed E-state index contributed by atoms with van der Waals surface area (Å²) in [6, 6.07) is 21.0. The van der Waals surface area contributed by atoms with E-state index in [0.717, 1.165) is 13.1 Å². The first-order valence-corrected chi connectivity index (χ1v) is 6.28. The summed E-state index contributed by atoms with van der Waals surface area (Å²) in [7, 11) is 2.14. The van der Waals surface area contributed by atoms with Crippen LogP contribution in [0.4, 0.5) is 0 Å². The molecular formula is C17H19N. The smallest absolute Gasteiger partial charge is 0.0233 e. The van der Waals surface area contributed by atoms with Crippen molar-refractivity contribution in [2.24, 2.45) is 0 Å². The van der Waals surface area contributed by atoms with Gasteiger partial charge >= 0.3 is 0 Å². The van der Waals surface area contributed by atoms with E-state index in [1.165, 1.54) is 11.1 Å². The van der Waals surface area contributed by atoms with Gasteiger partial charge in [-0.15, -0.1) is 0 Å². The van der Waals surface area contributed by atoms with Crippen molar-refractivity contribution in [3.8, 4) is 0 Å². The number of hydrogen-bond acceptors (Lipinski definition) is 1. The lowest BCUT2D eigenvalue weighted by molar-refractivity contribution is 0.364. The minimum Gasteiger partial charge on any atom is -0.298 e. The van der Waals surface area contributed by atoms with Crippen LogP contribution in [0.15, 0.2) is 66.7 Å². The highest BCUT2D eigenvalue weighted by molar-refractivity contribution is 5.48. The zero-order chi connectivity index (χ0) is 12.6. The number of nitrogens with zero attached hydrogens (tertiary/aromatic N) is 1. The molecule has 2 aromatic rings. The van der Waals surface area contributed by atoms with E-state index < -0.39 is 0 Å². The number of likely N-dealkylation sites (N-methyl/N-ethyl adjacent to an activating group) is 1. The van der Waals surface area contributed by atoms with Crippen molar-refractivity contribution < 1.29 is 0 Å². The van der Waals surface area contributed by atoms with E-state index >= 15 is 0 Å². The first-order valence-electron chi connectivity index (χ1n) is 6.28. The standard InChI is InChI=1S/C17H19N/c1-18(15-17-11-6-3-7-12-17)14-8-13-16-9-4-2-5-10-16/h2-13H,14-15H2,1H3/b13-8-. The van der Waals surface area contributed by atoms with Crippen LogP contribution in [0.3, 0.4) is 0 Å². The van der Waals surface area contributed by atoms with E-state index in [-0.39, 0.29) is 0 Å². The fourth-order valence-corrected chi connectivity index (χ4v) is 1.89. The van der Waals surface area contributed by atoms with E-state index in [2.05, 4.69) is 78.7 Å². The van der Waals surface area contributed by atoms with Gasteiger partial charge in [0.2, 0.25) is 0 Å². The second-order valence-corrected chi connectivity index (χ2v) is 4.50. The summed E-state index contributed by atoms with van der Waals surface area (Å²) in [5.41, 5.74) is 2.61. The Morgan fingerprint density at radius 1 is 0.889 bits per heavy atom. The van der Waals surface area contributed by atoms with Crippen molar-refractivity contribution in [2.45, 2.75) is 6.54 Å². The molecule has 0 aromatic heterocycles. The molecular weight excluding hydrogens is 218 g/mol. The van der Waals surface area contributed by atoms with Gasteiger partial charge in [-0.1, -0.05) is 72.8 Å². The monoisotopic (exact) mass is 237 g/mol. The first-order chi connectivity index (χ1) is 8.84. The second kappa shape index (κ2) is 6.77. The maximum absolute atomic E-state index is 2.30. The molecule has 18 heavy (non-hydrogen) atoms. The molecule has 0 heterocycles. The van der Waals surface area contributed by atoms with Crippen molar-refractivity contribution in [1.29, 1.82) is 0 Å². The molecule has 0 spiro atoms. The van der Waals surface area contributed by atoms with Crippen molar-refractivity contribution >= 4 is 6.08 Å². The summed E-state index contributed by atoms with van der Waals surface area (Å²) in [5, 5.41) is 0. The highest BCUT2D eigenvalue weighted by atomic mass is 15.1. The SMILES string of the molecule is CN(C/C=C\c1ccccc1)Cc1ccccc1. The van der Waals surface area contributed by atoms with Gasteiger partial charge in [-0.2, -0.15) is 0 Å². The summed E-state index contributed by atoms with van der Waals surface area (Å²) in [5.74, 6) is 0. The predicted octanol–water partition coefficient (Wildman–Crippen LogP) is 3.83. The van der Waals surface area contributed by atoms with Gasteiger partial charge < -0.3 is 0 Å². The Kier molecular flexibility index (Phi) is 4.74. The maximum atomic E-state index is 2.30. The van der Waals surface area contributed by atoms with E-state index in [1.54, 1.807) is 0 Å². The fraction of sp³-hybridized carbons (Fsp3) is 0.176. The van der Waals surface area contributed by atoms with Crippen LogP contribution in [0.1, 0.15) is 11.1 Å². The van der Waals surface area contributed by atoms with Crippen molar-refractivity contribution in [3.63, 3.8) is 0 Å². The molecule has 0 N–H and O–H groups in total. The number of rotatable bonds is 5. The Balaban J connectivity index is 1.82. The molecule has 0 unspecified atom stereocenters. The van der Waals surface area contributed by atoms with Crippen LogP contribution in [0.25, 0.3) is 6.08 Å². The molecule has 2 aromatic carbocycles. The van der Waals surface area contributed by atoms with Gasteiger partial charge in [0.25, 0.3) is 0 Å². The molecule has 0 bridgehead atoms. The van der Waals surface area contributed by atoms with Crippen LogP contribution in [0.5, 0.6) is 0 Å². The number of hydrogen-bond donors (Lipinski definition) is 0. The largest absolute Gasteiger partial charge is 0.298 e. The molecule has 0 saturated carbocycles. The third-order valence-electron chi connectivity index (χ3n) is 2.82. The maximum Gasteiger partial charge on any atom is 0.0233 e. The molecule has 92 valence electrons. The van der Waals surface area contributed by atoms with Crippen LogP contribution < -0.4 is 0 Å². The Morgan fingerprint density at radius 2 is 1.50 bits per heavy atom. The van der Waals surface area contributed by atoms with E-state index in [9.17, 15) is 0 Å². The van der Waals surface area contributed by atoms with Gasteiger partial charge in [0.1, 0.15) is 0 Å². The molecule has 0 atom stereocenters. The minimum atomic E-state index is 0.962. The molecule has 0 aliphatic rings. The number of benzene rings is 2. The topological polar surface area (TPSA) is 3.24 Å². The van der Waals surface area contributed by atoms with Crippen molar-refractivity contribution in [3.05, 3.63) is 77.9 Å². The third-order valence-corrected chi connectivity index (χ3v) is 2.82. The highest BCUT2D eigenvalue weighted by Gasteiger charge is 1.96. The van der Waals surface area contributed by atoms with Crippen LogP contribution >= 0.6 is 0 Å². The molecule has 1 heteroatoms. The Labute approximate surface area is 109 Å². The van der Waals surface area contributed by atoms with E-state index in [0.29, 0.717) is 0 Å².